The standard InChI is InChI=1S/C27H22S/c1-28-27-16-12-21(13-17-27)8-5-9-23-10-14-25-15-11-24(20-26(25)19-23)18-22-6-3-2-4-7-22/h2-4,6-7,10-17,19-20H,8,18H2,1H3. The van der Waals surface area contributed by atoms with Gasteiger partial charge < -0.3 is 0 Å². The van der Waals surface area contributed by atoms with Crippen molar-refractivity contribution in [2.24, 2.45) is 0 Å². The molecule has 0 aliphatic rings. The van der Waals surface area contributed by atoms with Crippen LogP contribution in [-0.2, 0) is 12.8 Å². The summed E-state index contributed by atoms with van der Waals surface area (Å²) >= 11 is 1.76. The van der Waals surface area contributed by atoms with Gasteiger partial charge in [-0.15, -0.1) is 11.8 Å². The lowest BCUT2D eigenvalue weighted by Crippen LogP contribution is -1.88. The van der Waals surface area contributed by atoms with E-state index >= 15 is 0 Å². The van der Waals surface area contributed by atoms with Crippen molar-refractivity contribution in [3.63, 3.8) is 0 Å². The molecule has 0 saturated heterocycles. The molecule has 4 aromatic rings. The van der Waals surface area contributed by atoms with Gasteiger partial charge in [0.05, 0.1) is 0 Å². The summed E-state index contributed by atoms with van der Waals surface area (Å²) in [5, 5.41) is 2.51. The number of fused-ring (bicyclic) bond motifs is 1. The van der Waals surface area contributed by atoms with Gasteiger partial charge >= 0.3 is 0 Å². The zero-order valence-corrected chi connectivity index (χ0v) is 16.8. The molecule has 0 heterocycles. The number of rotatable bonds is 4. The lowest BCUT2D eigenvalue weighted by Gasteiger charge is -2.05. The normalized spacial score (nSPS) is 10.5. The summed E-state index contributed by atoms with van der Waals surface area (Å²) in [6, 6.07) is 32.5. The first-order valence-corrected chi connectivity index (χ1v) is 10.7. The molecule has 0 bridgehead atoms. The molecule has 1 heteroatoms. The summed E-state index contributed by atoms with van der Waals surface area (Å²) in [4.78, 5) is 1.29. The van der Waals surface area contributed by atoms with Gasteiger partial charge in [-0.25, -0.2) is 0 Å². The molecule has 0 amide bonds. The van der Waals surface area contributed by atoms with Crippen molar-refractivity contribution in [3.8, 4) is 11.8 Å². The Morgan fingerprint density at radius 1 is 0.679 bits per heavy atom. The summed E-state index contributed by atoms with van der Waals surface area (Å²) in [5.41, 5.74) is 5.00. The average Bonchev–Trinajstić information content (AvgIpc) is 2.75. The minimum Gasteiger partial charge on any atom is -0.130 e. The fourth-order valence-corrected chi connectivity index (χ4v) is 3.72. The Morgan fingerprint density at radius 2 is 1.43 bits per heavy atom. The van der Waals surface area contributed by atoms with Gasteiger partial charge in [0, 0.05) is 16.9 Å². The second-order valence-electron chi connectivity index (χ2n) is 6.89. The predicted molar refractivity (Wildman–Crippen MR) is 122 cm³/mol. The predicted octanol–water partition coefficient (Wildman–Crippen LogP) is 6.75. The third-order valence-corrected chi connectivity index (χ3v) is 5.58. The first kappa shape index (κ1) is 18.4. The van der Waals surface area contributed by atoms with E-state index in [0.29, 0.717) is 0 Å². The fraction of sp³-hybridized carbons (Fsp3) is 0.111. The Hall–Kier alpha value is -2.95. The maximum absolute atomic E-state index is 3.33. The van der Waals surface area contributed by atoms with Crippen LogP contribution in [0.1, 0.15) is 22.3 Å². The third kappa shape index (κ3) is 4.66. The monoisotopic (exact) mass is 378 g/mol. The van der Waals surface area contributed by atoms with Crippen LogP contribution in [0.2, 0.25) is 0 Å². The van der Waals surface area contributed by atoms with E-state index in [1.54, 1.807) is 11.8 Å². The van der Waals surface area contributed by atoms with Crippen LogP contribution < -0.4 is 0 Å². The molecule has 0 aliphatic heterocycles. The third-order valence-electron chi connectivity index (χ3n) is 4.84. The summed E-state index contributed by atoms with van der Waals surface area (Å²) in [7, 11) is 0. The number of benzene rings is 4. The van der Waals surface area contributed by atoms with Gasteiger partial charge in [-0.2, -0.15) is 0 Å². The van der Waals surface area contributed by atoms with E-state index in [0.717, 1.165) is 18.4 Å². The van der Waals surface area contributed by atoms with Crippen molar-refractivity contribution in [3.05, 3.63) is 113 Å². The summed E-state index contributed by atoms with van der Waals surface area (Å²) < 4.78 is 0. The molecule has 136 valence electrons. The largest absolute Gasteiger partial charge is 0.130 e. The smallest absolute Gasteiger partial charge is 0.0344 e. The van der Waals surface area contributed by atoms with Crippen LogP contribution in [0.4, 0.5) is 0 Å². The number of hydrogen-bond donors (Lipinski definition) is 0. The summed E-state index contributed by atoms with van der Waals surface area (Å²) in [6.07, 6.45) is 3.83. The first-order chi connectivity index (χ1) is 13.8. The number of hydrogen-bond acceptors (Lipinski definition) is 1. The van der Waals surface area contributed by atoms with Gasteiger partial charge in [-0.3, -0.25) is 0 Å². The molecule has 0 saturated carbocycles. The van der Waals surface area contributed by atoms with Crippen LogP contribution in [0, 0.1) is 11.8 Å². The molecule has 4 aromatic carbocycles. The molecule has 0 radical (unpaired) electrons. The first-order valence-electron chi connectivity index (χ1n) is 9.48. The van der Waals surface area contributed by atoms with E-state index in [4.69, 9.17) is 0 Å². The molecule has 0 N–H and O–H groups in total. The quantitative estimate of drug-likeness (QED) is 0.280. The summed E-state index contributed by atoms with van der Waals surface area (Å²) in [6.45, 7) is 0. The molecule has 0 spiro atoms. The Bertz CT molecular complexity index is 1130. The Balaban J connectivity index is 1.51. The SMILES string of the molecule is CSc1ccc(CC#Cc2ccc3ccc(Cc4ccccc4)cc3c2)cc1. The van der Waals surface area contributed by atoms with Crippen molar-refractivity contribution in [1.82, 2.24) is 0 Å². The minimum atomic E-state index is 0.779. The van der Waals surface area contributed by atoms with Crippen molar-refractivity contribution in [2.75, 3.05) is 6.26 Å². The van der Waals surface area contributed by atoms with E-state index in [2.05, 4.69) is 109 Å². The summed E-state index contributed by atoms with van der Waals surface area (Å²) in [5.74, 6) is 6.65. The zero-order valence-electron chi connectivity index (χ0n) is 16.0. The molecule has 28 heavy (non-hydrogen) atoms. The lowest BCUT2D eigenvalue weighted by atomic mass is 10.00. The molecule has 4 rings (SSSR count). The van der Waals surface area contributed by atoms with Gasteiger partial charge in [0.15, 0.2) is 0 Å². The molecule has 0 atom stereocenters. The van der Waals surface area contributed by atoms with Gasteiger partial charge in [0.2, 0.25) is 0 Å². The van der Waals surface area contributed by atoms with E-state index < -0.39 is 0 Å². The van der Waals surface area contributed by atoms with Crippen molar-refractivity contribution < 1.29 is 0 Å². The highest BCUT2D eigenvalue weighted by Gasteiger charge is 2.00. The second kappa shape index (κ2) is 8.83. The maximum atomic E-state index is 3.33. The minimum absolute atomic E-state index is 0.779. The van der Waals surface area contributed by atoms with Gasteiger partial charge in [0.1, 0.15) is 0 Å². The van der Waals surface area contributed by atoms with Crippen molar-refractivity contribution in [1.29, 1.82) is 0 Å². The van der Waals surface area contributed by atoms with Crippen molar-refractivity contribution >= 4 is 22.5 Å². The van der Waals surface area contributed by atoms with Crippen molar-refractivity contribution in [2.45, 2.75) is 17.7 Å². The lowest BCUT2D eigenvalue weighted by molar-refractivity contribution is 1.20. The molecule has 0 aromatic heterocycles. The maximum Gasteiger partial charge on any atom is 0.0344 e. The highest BCUT2D eigenvalue weighted by Crippen LogP contribution is 2.20. The van der Waals surface area contributed by atoms with Crippen LogP contribution in [-0.4, -0.2) is 6.26 Å². The van der Waals surface area contributed by atoms with Crippen LogP contribution in [0.25, 0.3) is 10.8 Å². The molecular weight excluding hydrogens is 356 g/mol. The van der Waals surface area contributed by atoms with E-state index in [1.165, 1.54) is 32.4 Å². The molecular formula is C27H22S. The molecule has 0 unspecified atom stereocenters. The topological polar surface area (TPSA) is 0 Å². The van der Waals surface area contributed by atoms with Gasteiger partial charge in [-0.1, -0.05) is 78.6 Å². The van der Waals surface area contributed by atoms with E-state index in [1.807, 2.05) is 0 Å². The fourth-order valence-electron chi connectivity index (χ4n) is 3.31. The van der Waals surface area contributed by atoms with Gasteiger partial charge in [-0.05, 0) is 64.4 Å². The van der Waals surface area contributed by atoms with Crippen LogP contribution in [0.15, 0.2) is 95.9 Å². The Labute approximate surface area is 171 Å². The number of thioether (sulfide) groups is 1. The van der Waals surface area contributed by atoms with Crippen LogP contribution in [0.5, 0.6) is 0 Å². The highest BCUT2D eigenvalue weighted by atomic mass is 32.2. The van der Waals surface area contributed by atoms with Gasteiger partial charge in [0.25, 0.3) is 0 Å². The van der Waals surface area contributed by atoms with E-state index in [-0.39, 0.29) is 0 Å². The Kier molecular flexibility index (Phi) is 5.80. The van der Waals surface area contributed by atoms with Crippen LogP contribution >= 0.6 is 11.8 Å². The average molecular weight is 379 g/mol. The van der Waals surface area contributed by atoms with Crippen LogP contribution in [0.3, 0.4) is 0 Å². The molecule has 0 nitrogen and oxygen atoms in total. The Morgan fingerprint density at radius 3 is 2.21 bits per heavy atom. The highest BCUT2D eigenvalue weighted by molar-refractivity contribution is 7.98. The second-order valence-corrected chi connectivity index (χ2v) is 7.76. The zero-order chi connectivity index (χ0) is 19.2. The molecule has 0 fully saturated rings. The molecule has 0 aliphatic carbocycles. The van der Waals surface area contributed by atoms with E-state index in [9.17, 15) is 0 Å².